The zero-order valence-corrected chi connectivity index (χ0v) is 15.4. The first-order chi connectivity index (χ1) is 11.5. The van der Waals surface area contributed by atoms with E-state index in [4.69, 9.17) is 0 Å². The number of hydrogen-bond donors (Lipinski definition) is 1. The molecule has 0 saturated heterocycles. The summed E-state index contributed by atoms with van der Waals surface area (Å²) in [7, 11) is 0. The van der Waals surface area contributed by atoms with Gasteiger partial charge in [-0.3, -0.25) is 0 Å². The monoisotopic (exact) mass is 328 g/mol. The standard InChI is InChI=1S/C19H26O.C3H6O/c1-12-3-6-16-15(12)9-10-19(2)17-8-5-14(20)11-13(17)4-7-18(16)19;1-2-3-4/h5,8,11-12,15-16,18,20H,3-4,6-7,9-10H2,1-2H3;3H,2H2,1H3/t12-,15?,16?,18?,19+;/m0./s1. The average molecular weight is 328 g/mol. The highest BCUT2D eigenvalue weighted by molar-refractivity contribution is 5.48. The summed E-state index contributed by atoms with van der Waals surface area (Å²) in [4.78, 5) is 9.17. The number of hydrogen-bond acceptors (Lipinski definition) is 2. The van der Waals surface area contributed by atoms with Gasteiger partial charge in [0.05, 0.1) is 0 Å². The van der Waals surface area contributed by atoms with Gasteiger partial charge in [-0.1, -0.05) is 33.3 Å². The summed E-state index contributed by atoms with van der Waals surface area (Å²) in [5.74, 6) is 4.22. The summed E-state index contributed by atoms with van der Waals surface area (Å²) in [6, 6.07) is 6.13. The largest absolute Gasteiger partial charge is 0.508 e. The maximum Gasteiger partial charge on any atom is 0.119 e. The molecule has 0 bridgehead atoms. The van der Waals surface area contributed by atoms with Crippen molar-refractivity contribution in [3.8, 4) is 5.75 Å². The first-order valence-electron chi connectivity index (χ1n) is 9.77. The molecule has 1 aromatic carbocycles. The van der Waals surface area contributed by atoms with Gasteiger partial charge in [0.2, 0.25) is 0 Å². The van der Waals surface area contributed by atoms with Crippen LogP contribution in [0.1, 0.15) is 70.4 Å². The average Bonchev–Trinajstić information content (AvgIpc) is 2.95. The smallest absolute Gasteiger partial charge is 0.119 e. The predicted molar refractivity (Wildman–Crippen MR) is 98.2 cm³/mol. The van der Waals surface area contributed by atoms with Crippen LogP contribution in [0.4, 0.5) is 0 Å². The van der Waals surface area contributed by atoms with Gasteiger partial charge in [-0.05, 0) is 84.5 Å². The van der Waals surface area contributed by atoms with Crippen LogP contribution in [-0.4, -0.2) is 11.4 Å². The highest BCUT2D eigenvalue weighted by atomic mass is 16.3. The van der Waals surface area contributed by atoms with Crippen LogP contribution in [0.3, 0.4) is 0 Å². The maximum atomic E-state index is 9.75. The van der Waals surface area contributed by atoms with E-state index in [1.807, 2.05) is 19.1 Å². The molecular weight excluding hydrogens is 296 g/mol. The number of fused-ring (bicyclic) bond motifs is 5. The van der Waals surface area contributed by atoms with Crippen molar-refractivity contribution in [2.24, 2.45) is 23.7 Å². The topological polar surface area (TPSA) is 37.3 Å². The van der Waals surface area contributed by atoms with Crippen molar-refractivity contribution in [1.29, 1.82) is 0 Å². The van der Waals surface area contributed by atoms with Crippen LogP contribution in [0, 0.1) is 23.7 Å². The number of benzene rings is 1. The van der Waals surface area contributed by atoms with Crippen molar-refractivity contribution in [2.75, 3.05) is 0 Å². The Hall–Kier alpha value is -1.31. The number of aromatic hydroxyl groups is 1. The second-order valence-electron chi connectivity index (χ2n) is 8.40. The molecule has 1 aromatic rings. The molecule has 2 heteroatoms. The number of aldehydes is 1. The zero-order chi connectivity index (χ0) is 17.3. The van der Waals surface area contributed by atoms with E-state index in [9.17, 15) is 9.90 Å². The van der Waals surface area contributed by atoms with E-state index in [1.165, 1.54) is 44.1 Å². The normalized spacial score (nSPS) is 36.6. The zero-order valence-electron chi connectivity index (χ0n) is 15.4. The molecule has 0 amide bonds. The molecule has 4 rings (SSSR count). The SMILES string of the molecule is CCC=O.C[C@H]1CCC2C1CC[C@]1(C)c3ccc(O)cc3CCC21. The van der Waals surface area contributed by atoms with E-state index in [1.54, 1.807) is 5.56 Å². The van der Waals surface area contributed by atoms with Crippen LogP contribution < -0.4 is 0 Å². The molecule has 2 saturated carbocycles. The van der Waals surface area contributed by atoms with Gasteiger partial charge in [0.25, 0.3) is 0 Å². The Morgan fingerprint density at radius 3 is 2.67 bits per heavy atom. The molecule has 5 atom stereocenters. The van der Waals surface area contributed by atoms with E-state index in [2.05, 4.69) is 19.9 Å². The number of phenolic OH excluding ortho intramolecular Hbond substituents is 1. The Kier molecular flexibility index (Phi) is 5.03. The first kappa shape index (κ1) is 17.5. The molecule has 24 heavy (non-hydrogen) atoms. The molecular formula is C22H32O2. The lowest BCUT2D eigenvalue weighted by molar-refractivity contribution is -0.107. The maximum absolute atomic E-state index is 9.75. The summed E-state index contributed by atoms with van der Waals surface area (Å²) in [6.45, 7) is 6.79. The van der Waals surface area contributed by atoms with Gasteiger partial charge in [-0.2, -0.15) is 0 Å². The van der Waals surface area contributed by atoms with Crippen molar-refractivity contribution in [1.82, 2.24) is 0 Å². The van der Waals surface area contributed by atoms with Crippen molar-refractivity contribution in [3.05, 3.63) is 29.3 Å². The molecule has 2 fully saturated rings. The van der Waals surface area contributed by atoms with Gasteiger partial charge >= 0.3 is 0 Å². The lowest BCUT2D eigenvalue weighted by atomic mass is 9.52. The van der Waals surface area contributed by atoms with Gasteiger partial charge in [0.1, 0.15) is 12.0 Å². The Morgan fingerprint density at radius 1 is 1.21 bits per heavy atom. The minimum Gasteiger partial charge on any atom is -0.508 e. The molecule has 2 nitrogen and oxygen atoms in total. The van der Waals surface area contributed by atoms with E-state index >= 15 is 0 Å². The highest BCUT2D eigenvalue weighted by Crippen LogP contribution is 2.59. The predicted octanol–water partition coefficient (Wildman–Crippen LogP) is 5.26. The third kappa shape index (κ3) is 2.89. The molecule has 3 unspecified atom stereocenters. The Morgan fingerprint density at radius 2 is 1.96 bits per heavy atom. The Labute approximate surface area is 146 Å². The number of carbonyl (C=O) groups is 1. The minimum atomic E-state index is 0.368. The fraction of sp³-hybridized carbons (Fsp3) is 0.682. The van der Waals surface area contributed by atoms with Crippen LogP contribution in [0.5, 0.6) is 5.75 Å². The fourth-order valence-electron chi connectivity index (χ4n) is 5.95. The lowest BCUT2D eigenvalue weighted by Crippen LogP contribution is -2.46. The summed E-state index contributed by atoms with van der Waals surface area (Å²) in [6.07, 6.45) is 9.69. The van der Waals surface area contributed by atoms with Gasteiger partial charge in [-0.15, -0.1) is 0 Å². The molecule has 132 valence electrons. The number of phenols is 1. The second-order valence-corrected chi connectivity index (χ2v) is 8.40. The van der Waals surface area contributed by atoms with Gasteiger partial charge in [0.15, 0.2) is 0 Å². The van der Waals surface area contributed by atoms with Gasteiger partial charge in [-0.25, -0.2) is 0 Å². The number of aryl methyl sites for hydroxylation is 1. The van der Waals surface area contributed by atoms with Crippen LogP contribution in [0.15, 0.2) is 18.2 Å². The molecule has 3 aliphatic rings. The van der Waals surface area contributed by atoms with E-state index in [0.29, 0.717) is 17.6 Å². The molecule has 0 radical (unpaired) electrons. The Balaban J connectivity index is 0.000000383. The van der Waals surface area contributed by atoms with E-state index in [0.717, 1.165) is 30.0 Å². The fourth-order valence-corrected chi connectivity index (χ4v) is 5.95. The highest BCUT2D eigenvalue weighted by Gasteiger charge is 2.52. The number of rotatable bonds is 1. The van der Waals surface area contributed by atoms with Crippen molar-refractivity contribution < 1.29 is 9.90 Å². The summed E-state index contributed by atoms with van der Waals surface area (Å²) in [5, 5.41) is 9.75. The molecule has 1 N–H and O–H groups in total. The van der Waals surface area contributed by atoms with E-state index in [-0.39, 0.29) is 0 Å². The second kappa shape index (κ2) is 6.90. The van der Waals surface area contributed by atoms with E-state index < -0.39 is 0 Å². The van der Waals surface area contributed by atoms with Crippen molar-refractivity contribution >= 4 is 6.29 Å². The van der Waals surface area contributed by atoms with Crippen LogP contribution >= 0.6 is 0 Å². The van der Waals surface area contributed by atoms with Gasteiger partial charge < -0.3 is 9.90 Å². The van der Waals surface area contributed by atoms with Crippen LogP contribution in [0.25, 0.3) is 0 Å². The molecule has 0 aromatic heterocycles. The van der Waals surface area contributed by atoms with Gasteiger partial charge in [0, 0.05) is 6.42 Å². The van der Waals surface area contributed by atoms with Crippen molar-refractivity contribution in [3.63, 3.8) is 0 Å². The number of carbonyl (C=O) groups excluding carboxylic acids is 1. The lowest BCUT2D eigenvalue weighted by Gasteiger charge is -2.52. The quantitative estimate of drug-likeness (QED) is 0.714. The van der Waals surface area contributed by atoms with Crippen molar-refractivity contribution in [2.45, 2.75) is 71.1 Å². The Bertz CT molecular complexity index is 594. The molecule has 3 aliphatic carbocycles. The molecule has 0 heterocycles. The summed E-state index contributed by atoms with van der Waals surface area (Å²) >= 11 is 0. The van der Waals surface area contributed by atoms with Crippen LogP contribution in [-0.2, 0) is 16.6 Å². The molecule has 0 aliphatic heterocycles. The first-order valence-corrected chi connectivity index (χ1v) is 9.77. The summed E-state index contributed by atoms with van der Waals surface area (Å²) < 4.78 is 0. The minimum absolute atomic E-state index is 0.368. The third-order valence-electron chi connectivity index (χ3n) is 7.16. The summed E-state index contributed by atoms with van der Waals surface area (Å²) in [5.41, 5.74) is 3.32. The molecule has 0 spiro atoms. The third-order valence-corrected chi connectivity index (χ3v) is 7.16. The van der Waals surface area contributed by atoms with Crippen LogP contribution in [0.2, 0.25) is 0 Å².